The number of hydrogen-bond acceptors (Lipinski definition) is 1. The van der Waals surface area contributed by atoms with Crippen LogP contribution < -0.4 is 4.90 Å². The zero-order valence-corrected chi connectivity index (χ0v) is 35.1. The molecule has 0 N–H and O–H groups in total. The van der Waals surface area contributed by atoms with E-state index in [1.54, 1.807) is 11.1 Å². The summed E-state index contributed by atoms with van der Waals surface area (Å²) < 4.78 is 0. The second kappa shape index (κ2) is 10.8. The molecule has 58 heavy (non-hydrogen) atoms. The Morgan fingerprint density at radius 1 is 0.466 bits per heavy atom. The van der Waals surface area contributed by atoms with E-state index in [-0.39, 0.29) is 21.7 Å². The largest absolute Gasteiger partial charge is 0.310 e. The fraction of sp³-hybridized carbons (Fsp3) is 0.368. The van der Waals surface area contributed by atoms with Crippen molar-refractivity contribution in [1.82, 2.24) is 0 Å². The van der Waals surface area contributed by atoms with E-state index in [1.165, 1.54) is 111 Å². The molecule has 6 unspecified atom stereocenters. The monoisotopic (exact) mass is 753 g/mol. The predicted octanol–water partition coefficient (Wildman–Crippen LogP) is 14.8. The summed E-state index contributed by atoms with van der Waals surface area (Å²) in [5.41, 5.74) is 22.3. The van der Waals surface area contributed by atoms with Crippen molar-refractivity contribution < 1.29 is 0 Å². The van der Waals surface area contributed by atoms with Gasteiger partial charge in [-0.3, -0.25) is 0 Å². The Labute approximate surface area is 345 Å². The van der Waals surface area contributed by atoms with E-state index < -0.39 is 0 Å². The number of rotatable bonds is 4. The van der Waals surface area contributed by atoms with Crippen LogP contribution in [0.15, 0.2) is 127 Å². The maximum Gasteiger partial charge on any atom is 0.0471 e. The summed E-state index contributed by atoms with van der Waals surface area (Å²) in [7, 11) is 0. The summed E-state index contributed by atoms with van der Waals surface area (Å²) in [6.07, 6.45) is 8.21. The van der Waals surface area contributed by atoms with Gasteiger partial charge >= 0.3 is 0 Å². The summed E-state index contributed by atoms with van der Waals surface area (Å²) in [6, 6.07) is 50.3. The van der Waals surface area contributed by atoms with Gasteiger partial charge in [-0.25, -0.2) is 0 Å². The molecule has 0 radical (unpaired) electrons. The van der Waals surface area contributed by atoms with Gasteiger partial charge in [-0.2, -0.15) is 0 Å². The lowest BCUT2D eigenvalue weighted by molar-refractivity contribution is -0.231. The molecular weight excluding hydrogens is 699 g/mol. The van der Waals surface area contributed by atoms with Gasteiger partial charge in [0.1, 0.15) is 0 Å². The number of nitrogens with zero attached hydrogens (tertiary/aromatic N) is 1. The minimum atomic E-state index is -0.0862. The van der Waals surface area contributed by atoms with E-state index in [0.29, 0.717) is 5.41 Å². The van der Waals surface area contributed by atoms with Gasteiger partial charge in [0.2, 0.25) is 0 Å². The smallest absolute Gasteiger partial charge is 0.0471 e. The highest BCUT2D eigenvalue weighted by molar-refractivity contribution is 5.97. The molecule has 0 aromatic heterocycles. The van der Waals surface area contributed by atoms with Crippen molar-refractivity contribution in [2.24, 2.45) is 29.1 Å². The van der Waals surface area contributed by atoms with E-state index in [1.807, 2.05) is 0 Å². The third kappa shape index (κ3) is 3.91. The van der Waals surface area contributed by atoms with Crippen LogP contribution in [0, 0.1) is 29.1 Å². The summed E-state index contributed by atoms with van der Waals surface area (Å²) in [5.74, 6) is 3.38. The van der Waals surface area contributed by atoms with Crippen LogP contribution in [0.4, 0.5) is 17.1 Å². The van der Waals surface area contributed by atoms with Crippen molar-refractivity contribution in [2.45, 2.75) is 102 Å². The number of hydrogen-bond donors (Lipinski definition) is 0. The summed E-state index contributed by atoms with van der Waals surface area (Å²) >= 11 is 0. The molecule has 4 fully saturated rings. The van der Waals surface area contributed by atoms with Crippen LogP contribution in [0.1, 0.15) is 113 Å². The average molecular weight is 754 g/mol. The molecule has 1 heteroatoms. The SMILES string of the molecule is CC1(C)CCC(C)(C)c2cc(N(c3ccc4c(c3)C(C)(C)c3ccccc3-4)c3cc(-c4ccccc4)c4c(c3)C3(c5ccccc5-4)C4CC5CC6CC3C64C5)ccc21. The fourth-order valence-corrected chi connectivity index (χ4v) is 15.4. The van der Waals surface area contributed by atoms with E-state index in [2.05, 4.69) is 174 Å². The Morgan fingerprint density at radius 2 is 1.09 bits per heavy atom. The van der Waals surface area contributed by atoms with E-state index in [9.17, 15) is 0 Å². The summed E-state index contributed by atoms with van der Waals surface area (Å²) in [5, 5.41) is 0. The molecule has 0 aliphatic heterocycles. The van der Waals surface area contributed by atoms with Crippen molar-refractivity contribution in [3.05, 3.63) is 161 Å². The Morgan fingerprint density at radius 3 is 1.86 bits per heavy atom. The van der Waals surface area contributed by atoms with Crippen molar-refractivity contribution in [1.29, 1.82) is 0 Å². The Balaban J connectivity index is 1.09. The number of anilines is 3. The van der Waals surface area contributed by atoms with Gasteiger partial charge in [-0.15, -0.1) is 0 Å². The molecule has 0 saturated heterocycles. The molecular formula is C57H55N. The summed E-state index contributed by atoms with van der Waals surface area (Å²) in [6.45, 7) is 14.7. The predicted molar refractivity (Wildman–Crippen MR) is 240 cm³/mol. The van der Waals surface area contributed by atoms with Crippen molar-refractivity contribution in [3.63, 3.8) is 0 Å². The molecule has 288 valence electrons. The first-order valence-electron chi connectivity index (χ1n) is 22.5. The van der Waals surface area contributed by atoms with E-state index >= 15 is 0 Å². The highest BCUT2D eigenvalue weighted by Gasteiger charge is 2.84. The Bertz CT molecular complexity index is 2760. The molecule has 4 saturated carbocycles. The lowest BCUT2D eigenvalue weighted by atomic mass is 9.27. The molecule has 6 aromatic carbocycles. The van der Waals surface area contributed by atoms with Gasteiger partial charge in [0.25, 0.3) is 0 Å². The number of fused-ring (bicyclic) bond motifs is 12. The van der Waals surface area contributed by atoms with Crippen LogP contribution in [-0.2, 0) is 21.7 Å². The van der Waals surface area contributed by atoms with Crippen LogP contribution in [-0.4, -0.2) is 0 Å². The standard InChI is InChI=1S/C57H55N/c1-53(2)24-25-54(3,4)48-31-38(21-23-46(48)53)58(37-20-22-41-40-16-10-12-18-44(40)55(5,6)47(41)30-37)39-29-43(35-14-8-7-9-15-35)52-42-17-11-13-19-45(42)57(49(52)32-39)50-27-34-26-36-28-51(57)56(36,50)33-34/h7-23,29-32,34,36,50-51H,24-28,33H2,1-6H3. The molecule has 7 aliphatic carbocycles. The molecule has 2 bridgehead atoms. The number of benzene rings is 6. The van der Waals surface area contributed by atoms with Crippen molar-refractivity contribution in [3.8, 4) is 33.4 Å². The molecule has 2 spiro atoms. The normalized spacial score (nSPS) is 29.7. The second-order valence-electron chi connectivity index (χ2n) is 21.6. The molecule has 0 heterocycles. The zero-order valence-electron chi connectivity index (χ0n) is 35.1. The molecule has 1 nitrogen and oxygen atoms in total. The average Bonchev–Trinajstić information content (AvgIpc) is 3.92. The van der Waals surface area contributed by atoms with Crippen LogP contribution >= 0.6 is 0 Å². The van der Waals surface area contributed by atoms with E-state index in [4.69, 9.17) is 0 Å². The third-order valence-corrected chi connectivity index (χ3v) is 18.0. The highest BCUT2D eigenvalue weighted by Crippen LogP contribution is 2.90. The van der Waals surface area contributed by atoms with Crippen molar-refractivity contribution in [2.75, 3.05) is 4.90 Å². The minimum absolute atomic E-state index is 0.0862. The van der Waals surface area contributed by atoms with Crippen LogP contribution in [0.2, 0.25) is 0 Å². The Hall–Kier alpha value is -4.88. The quantitative estimate of drug-likeness (QED) is 0.173. The highest BCUT2D eigenvalue weighted by atomic mass is 15.1. The fourth-order valence-electron chi connectivity index (χ4n) is 15.4. The minimum Gasteiger partial charge on any atom is -0.310 e. The van der Waals surface area contributed by atoms with Gasteiger partial charge in [-0.05, 0) is 182 Å². The molecule has 0 amide bonds. The van der Waals surface area contributed by atoms with Gasteiger partial charge in [-0.1, -0.05) is 133 Å². The molecule has 6 aromatic rings. The van der Waals surface area contributed by atoms with Crippen molar-refractivity contribution >= 4 is 17.1 Å². The second-order valence-corrected chi connectivity index (χ2v) is 21.6. The first-order valence-corrected chi connectivity index (χ1v) is 22.5. The van der Waals surface area contributed by atoms with Gasteiger partial charge in [0, 0.05) is 27.9 Å². The lowest BCUT2D eigenvalue weighted by Gasteiger charge is -2.76. The van der Waals surface area contributed by atoms with Crippen LogP contribution in [0.25, 0.3) is 33.4 Å². The molecule has 6 atom stereocenters. The maximum atomic E-state index is 2.72. The maximum absolute atomic E-state index is 2.72. The first kappa shape index (κ1) is 34.0. The van der Waals surface area contributed by atoms with E-state index in [0.717, 1.165) is 23.7 Å². The van der Waals surface area contributed by atoms with Gasteiger partial charge < -0.3 is 4.90 Å². The topological polar surface area (TPSA) is 3.24 Å². The Kier molecular flexibility index (Phi) is 6.36. The van der Waals surface area contributed by atoms with Crippen LogP contribution in [0.5, 0.6) is 0 Å². The van der Waals surface area contributed by atoms with Gasteiger partial charge in [0.05, 0.1) is 0 Å². The third-order valence-electron chi connectivity index (χ3n) is 18.0. The van der Waals surface area contributed by atoms with Gasteiger partial charge in [0.15, 0.2) is 0 Å². The lowest BCUT2D eigenvalue weighted by Crippen LogP contribution is -2.73. The zero-order chi connectivity index (χ0) is 39.1. The first-order chi connectivity index (χ1) is 27.9. The molecule has 13 rings (SSSR count). The molecule has 7 aliphatic rings. The van der Waals surface area contributed by atoms with Crippen LogP contribution in [0.3, 0.4) is 0 Å². The summed E-state index contributed by atoms with van der Waals surface area (Å²) in [4.78, 5) is 2.67.